The standard InChI is InChI=1S/C19H32N4O2/c1-4-7-15(10-11-24)13-22-19(21-5-2)23-14-16-8-6-9-17(12-16)18(25)20-3/h6,8-9,12,15,24H,4-5,7,10-11,13-14H2,1-3H3,(H,20,25)(H2,21,22,23). The number of aliphatic imine (C=N–C) groups is 1. The highest BCUT2D eigenvalue weighted by molar-refractivity contribution is 5.94. The van der Waals surface area contributed by atoms with E-state index in [1.165, 1.54) is 0 Å². The average molecular weight is 348 g/mol. The smallest absolute Gasteiger partial charge is 0.251 e. The van der Waals surface area contributed by atoms with Crippen LogP contribution in [0.1, 0.15) is 49.0 Å². The van der Waals surface area contributed by atoms with Gasteiger partial charge in [0.05, 0.1) is 6.54 Å². The summed E-state index contributed by atoms with van der Waals surface area (Å²) in [4.78, 5) is 16.3. The molecule has 4 N–H and O–H groups in total. The molecule has 0 heterocycles. The van der Waals surface area contributed by atoms with Gasteiger partial charge in [0, 0.05) is 32.3 Å². The molecule has 1 aromatic carbocycles. The summed E-state index contributed by atoms with van der Waals surface area (Å²) in [6.07, 6.45) is 2.99. The third kappa shape index (κ3) is 8.03. The highest BCUT2D eigenvalue weighted by atomic mass is 16.3. The lowest BCUT2D eigenvalue weighted by molar-refractivity contribution is 0.0963. The van der Waals surface area contributed by atoms with Gasteiger partial charge in [-0.2, -0.15) is 0 Å². The molecule has 1 amide bonds. The van der Waals surface area contributed by atoms with E-state index in [1.807, 2.05) is 25.1 Å². The number of aliphatic hydroxyl groups is 1. The number of nitrogens with one attached hydrogen (secondary N) is 3. The molecule has 0 spiro atoms. The first kappa shape index (κ1) is 21.0. The van der Waals surface area contributed by atoms with Crippen LogP contribution in [0.15, 0.2) is 29.3 Å². The van der Waals surface area contributed by atoms with Crippen LogP contribution in [0.5, 0.6) is 0 Å². The monoisotopic (exact) mass is 348 g/mol. The summed E-state index contributed by atoms with van der Waals surface area (Å²) in [7, 11) is 1.62. The largest absolute Gasteiger partial charge is 0.396 e. The predicted octanol–water partition coefficient (Wildman–Crippen LogP) is 1.90. The first-order valence-corrected chi connectivity index (χ1v) is 9.08. The Bertz CT molecular complexity index is 540. The molecule has 0 saturated heterocycles. The van der Waals surface area contributed by atoms with Crippen molar-refractivity contribution in [2.24, 2.45) is 10.9 Å². The number of hydrogen-bond acceptors (Lipinski definition) is 3. The molecule has 0 aliphatic carbocycles. The lowest BCUT2D eigenvalue weighted by atomic mass is 10.0. The van der Waals surface area contributed by atoms with E-state index in [0.29, 0.717) is 18.0 Å². The van der Waals surface area contributed by atoms with Gasteiger partial charge in [-0.3, -0.25) is 4.79 Å². The second-order valence-electron chi connectivity index (χ2n) is 6.02. The summed E-state index contributed by atoms with van der Waals surface area (Å²) >= 11 is 0. The van der Waals surface area contributed by atoms with Gasteiger partial charge < -0.3 is 21.1 Å². The Morgan fingerprint density at radius 3 is 2.68 bits per heavy atom. The molecule has 140 valence electrons. The maximum Gasteiger partial charge on any atom is 0.251 e. The Morgan fingerprint density at radius 1 is 1.24 bits per heavy atom. The Kier molecular flexibility index (Phi) is 10.3. The number of rotatable bonds is 10. The molecule has 6 nitrogen and oxygen atoms in total. The van der Waals surface area contributed by atoms with Crippen LogP contribution in [0, 0.1) is 5.92 Å². The molecule has 6 heteroatoms. The highest BCUT2D eigenvalue weighted by Crippen LogP contribution is 2.09. The SMILES string of the molecule is CCCC(CCO)CNC(=NCc1cccc(C(=O)NC)c1)NCC. The molecule has 0 fully saturated rings. The number of amides is 1. The molecule has 0 aromatic heterocycles. The summed E-state index contributed by atoms with van der Waals surface area (Å²) in [5, 5.41) is 18.4. The van der Waals surface area contributed by atoms with Crippen molar-refractivity contribution in [3.8, 4) is 0 Å². The van der Waals surface area contributed by atoms with E-state index >= 15 is 0 Å². The highest BCUT2D eigenvalue weighted by Gasteiger charge is 2.08. The molecule has 0 aliphatic rings. The zero-order valence-corrected chi connectivity index (χ0v) is 15.6. The van der Waals surface area contributed by atoms with Crippen molar-refractivity contribution in [3.63, 3.8) is 0 Å². The number of hydrogen-bond donors (Lipinski definition) is 4. The van der Waals surface area contributed by atoms with Crippen LogP contribution in [-0.4, -0.2) is 43.7 Å². The van der Waals surface area contributed by atoms with Gasteiger partial charge in [-0.25, -0.2) is 4.99 Å². The van der Waals surface area contributed by atoms with Gasteiger partial charge in [0.25, 0.3) is 5.91 Å². The lowest BCUT2D eigenvalue weighted by Crippen LogP contribution is -2.40. The van der Waals surface area contributed by atoms with Crippen molar-refractivity contribution >= 4 is 11.9 Å². The van der Waals surface area contributed by atoms with E-state index in [1.54, 1.807) is 13.1 Å². The lowest BCUT2D eigenvalue weighted by Gasteiger charge is -2.18. The van der Waals surface area contributed by atoms with Crippen molar-refractivity contribution in [1.29, 1.82) is 0 Å². The minimum Gasteiger partial charge on any atom is -0.396 e. The fraction of sp³-hybridized carbons (Fsp3) is 0.579. The quantitative estimate of drug-likeness (QED) is 0.384. The van der Waals surface area contributed by atoms with E-state index in [2.05, 4.69) is 27.9 Å². The van der Waals surface area contributed by atoms with E-state index < -0.39 is 0 Å². The summed E-state index contributed by atoms with van der Waals surface area (Å²) in [6.45, 7) is 6.47. The van der Waals surface area contributed by atoms with Crippen LogP contribution < -0.4 is 16.0 Å². The third-order valence-electron chi connectivity index (χ3n) is 3.97. The van der Waals surface area contributed by atoms with E-state index in [-0.39, 0.29) is 12.5 Å². The van der Waals surface area contributed by atoms with Gasteiger partial charge >= 0.3 is 0 Å². The number of guanidine groups is 1. The number of benzene rings is 1. The summed E-state index contributed by atoms with van der Waals surface area (Å²) in [5.74, 6) is 1.10. The molecule has 1 rings (SSSR count). The molecule has 0 saturated carbocycles. The first-order valence-electron chi connectivity index (χ1n) is 9.08. The van der Waals surface area contributed by atoms with Crippen molar-refractivity contribution in [2.45, 2.75) is 39.7 Å². The second-order valence-corrected chi connectivity index (χ2v) is 6.02. The average Bonchev–Trinajstić information content (AvgIpc) is 2.63. The molecule has 1 atom stereocenters. The molecule has 0 radical (unpaired) electrons. The Hall–Kier alpha value is -2.08. The molecular weight excluding hydrogens is 316 g/mol. The minimum absolute atomic E-state index is 0.0951. The van der Waals surface area contributed by atoms with Crippen LogP contribution in [0.3, 0.4) is 0 Å². The van der Waals surface area contributed by atoms with E-state index in [0.717, 1.165) is 43.9 Å². The number of carbonyl (C=O) groups excluding carboxylic acids is 1. The van der Waals surface area contributed by atoms with Gasteiger partial charge in [-0.05, 0) is 43.4 Å². The van der Waals surface area contributed by atoms with Crippen molar-refractivity contribution < 1.29 is 9.90 Å². The third-order valence-corrected chi connectivity index (χ3v) is 3.97. The van der Waals surface area contributed by atoms with E-state index in [9.17, 15) is 4.79 Å². The molecular formula is C19H32N4O2. The van der Waals surface area contributed by atoms with Crippen molar-refractivity contribution in [3.05, 3.63) is 35.4 Å². The topological polar surface area (TPSA) is 85.8 Å². The van der Waals surface area contributed by atoms with Crippen LogP contribution in [-0.2, 0) is 6.54 Å². The molecule has 0 bridgehead atoms. The van der Waals surface area contributed by atoms with Gasteiger partial charge in [0.15, 0.2) is 5.96 Å². The Labute approximate surface area is 151 Å². The molecule has 1 aromatic rings. The van der Waals surface area contributed by atoms with Gasteiger partial charge in [-0.1, -0.05) is 25.5 Å². The van der Waals surface area contributed by atoms with Crippen LogP contribution in [0.25, 0.3) is 0 Å². The van der Waals surface area contributed by atoms with Gasteiger partial charge in [-0.15, -0.1) is 0 Å². The van der Waals surface area contributed by atoms with Gasteiger partial charge in [0.1, 0.15) is 0 Å². The number of aliphatic hydroxyl groups excluding tert-OH is 1. The summed E-state index contributed by atoms with van der Waals surface area (Å²) in [5.41, 5.74) is 1.62. The fourth-order valence-corrected chi connectivity index (χ4v) is 2.65. The summed E-state index contributed by atoms with van der Waals surface area (Å²) < 4.78 is 0. The second kappa shape index (κ2) is 12.3. The fourth-order valence-electron chi connectivity index (χ4n) is 2.65. The maximum atomic E-state index is 11.7. The maximum absolute atomic E-state index is 11.7. The van der Waals surface area contributed by atoms with Crippen LogP contribution in [0.2, 0.25) is 0 Å². The Balaban J connectivity index is 2.70. The molecule has 0 aliphatic heterocycles. The molecule has 1 unspecified atom stereocenters. The Morgan fingerprint density at radius 2 is 2.04 bits per heavy atom. The van der Waals surface area contributed by atoms with Crippen LogP contribution >= 0.6 is 0 Å². The zero-order chi connectivity index (χ0) is 18.5. The number of nitrogens with zero attached hydrogens (tertiary/aromatic N) is 1. The van der Waals surface area contributed by atoms with Gasteiger partial charge in [0.2, 0.25) is 0 Å². The zero-order valence-electron chi connectivity index (χ0n) is 15.6. The van der Waals surface area contributed by atoms with Crippen molar-refractivity contribution in [1.82, 2.24) is 16.0 Å². The predicted molar refractivity (Wildman–Crippen MR) is 103 cm³/mol. The van der Waals surface area contributed by atoms with E-state index in [4.69, 9.17) is 5.11 Å². The first-order chi connectivity index (χ1) is 12.1. The number of carbonyl (C=O) groups is 1. The molecule has 25 heavy (non-hydrogen) atoms. The summed E-state index contributed by atoms with van der Waals surface area (Å²) in [6, 6.07) is 7.48. The normalized spacial score (nSPS) is 12.6. The van der Waals surface area contributed by atoms with Crippen molar-refractivity contribution in [2.75, 3.05) is 26.7 Å². The van der Waals surface area contributed by atoms with Crippen LogP contribution in [0.4, 0.5) is 0 Å². The minimum atomic E-state index is -0.0951.